The Morgan fingerprint density at radius 2 is 2.00 bits per heavy atom. The summed E-state index contributed by atoms with van der Waals surface area (Å²) in [4.78, 5) is 24.7. The number of hydrogen-bond acceptors (Lipinski definition) is 5. The van der Waals surface area contributed by atoms with Crippen LogP contribution in [0.5, 0.6) is 0 Å². The summed E-state index contributed by atoms with van der Waals surface area (Å²) in [6.07, 6.45) is 0. The molecule has 0 saturated heterocycles. The van der Waals surface area contributed by atoms with Crippen molar-refractivity contribution in [2.45, 2.75) is 6.92 Å². The molecule has 0 aliphatic rings. The summed E-state index contributed by atoms with van der Waals surface area (Å²) in [7, 11) is 1.69. The Morgan fingerprint density at radius 3 is 2.67 bits per heavy atom. The molecular formula is C14H16N4O3. The molecule has 0 unspecified atom stereocenters. The first-order chi connectivity index (χ1) is 10.0. The first kappa shape index (κ1) is 14.7. The number of aromatic nitrogens is 2. The fraction of sp³-hybridized carbons (Fsp3) is 0.286. The van der Waals surface area contributed by atoms with Crippen molar-refractivity contribution >= 4 is 28.5 Å². The highest BCUT2D eigenvalue weighted by Gasteiger charge is 2.17. The van der Waals surface area contributed by atoms with Gasteiger partial charge in [-0.1, -0.05) is 18.2 Å². The number of carboxylic acids is 1. The number of nitrogens with one attached hydrogen (secondary N) is 1. The number of likely N-dealkylation sites (N-methyl/N-ethyl adjacent to an activating group) is 1. The summed E-state index contributed by atoms with van der Waals surface area (Å²) in [5.41, 5.74) is 0.688. The number of carbonyl (C=O) groups is 2. The van der Waals surface area contributed by atoms with Crippen molar-refractivity contribution in [2.75, 3.05) is 25.5 Å². The molecule has 0 bridgehead atoms. The average molecular weight is 288 g/mol. The monoisotopic (exact) mass is 288 g/mol. The van der Waals surface area contributed by atoms with Crippen LogP contribution in [0.3, 0.4) is 0 Å². The van der Waals surface area contributed by atoms with Gasteiger partial charge >= 0.3 is 5.97 Å². The molecule has 1 heterocycles. The zero-order valence-electron chi connectivity index (χ0n) is 11.8. The van der Waals surface area contributed by atoms with Crippen molar-refractivity contribution in [3.8, 4) is 0 Å². The van der Waals surface area contributed by atoms with Crippen LogP contribution in [0, 0.1) is 0 Å². The maximum atomic E-state index is 11.8. The number of hydrogen-bond donors (Lipinski definition) is 2. The molecule has 0 spiro atoms. The summed E-state index contributed by atoms with van der Waals surface area (Å²) in [6, 6.07) is 7.05. The van der Waals surface area contributed by atoms with E-state index in [9.17, 15) is 14.7 Å². The van der Waals surface area contributed by atoms with E-state index < -0.39 is 5.97 Å². The first-order valence-electron chi connectivity index (χ1n) is 6.51. The summed E-state index contributed by atoms with van der Waals surface area (Å²) in [6.45, 7) is 2.45. The molecule has 1 aromatic carbocycles. The third kappa shape index (κ3) is 3.07. The van der Waals surface area contributed by atoms with Gasteiger partial charge in [-0.05, 0) is 13.0 Å². The predicted molar refractivity (Wildman–Crippen MR) is 78.3 cm³/mol. The lowest BCUT2D eigenvalue weighted by atomic mass is 10.1. The molecule has 0 fully saturated rings. The van der Waals surface area contributed by atoms with Gasteiger partial charge in [0, 0.05) is 19.0 Å². The van der Waals surface area contributed by atoms with Gasteiger partial charge in [0.2, 0.25) is 5.91 Å². The molecule has 0 atom stereocenters. The van der Waals surface area contributed by atoms with Crippen LogP contribution < -0.4 is 5.32 Å². The van der Waals surface area contributed by atoms with Crippen LogP contribution in [0.15, 0.2) is 24.3 Å². The molecule has 7 heteroatoms. The van der Waals surface area contributed by atoms with Crippen LogP contribution in [0.2, 0.25) is 0 Å². The molecular weight excluding hydrogens is 272 g/mol. The van der Waals surface area contributed by atoms with E-state index in [1.165, 1.54) is 0 Å². The SMILES string of the molecule is CCN(C)C(=O)CNc1c(C(=O)O)nnc2ccccc12. The van der Waals surface area contributed by atoms with E-state index in [0.717, 1.165) is 0 Å². The van der Waals surface area contributed by atoms with Crippen LogP contribution in [-0.4, -0.2) is 52.2 Å². The number of nitrogens with zero attached hydrogens (tertiary/aromatic N) is 3. The summed E-state index contributed by atoms with van der Waals surface area (Å²) in [5.74, 6) is -1.32. The number of benzene rings is 1. The molecule has 7 nitrogen and oxygen atoms in total. The number of amides is 1. The highest BCUT2D eigenvalue weighted by Crippen LogP contribution is 2.24. The molecule has 110 valence electrons. The number of anilines is 1. The molecule has 0 saturated carbocycles. The Hall–Kier alpha value is -2.70. The topological polar surface area (TPSA) is 95.4 Å². The van der Waals surface area contributed by atoms with Crippen LogP contribution in [0.1, 0.15) is 17.4 Å². The lowest BCUT2D eigenvalue weighted by Crippen LogP contribution is -2.32. The van der Waals surface area contributed by atoms with Gasteiger partial charge < -0.3 is 15.3 Å². The number of rotatable bonds is 5. The van der Waals surface area contributed by atoms with E-state index in [4.69, 9.17) is 0 Å². The van der Waals surface area contributed by atoms with Gasteiger partial charge in [0.05, 0.1) is 17.7 Å². The standard InChI is InChI=1S/C14H16N4O3/c1-3-18(2)11(19)8-15-12-9-6-4-5-7-10(9)16-17-13(12)14(20)21/h4-7H,3,8H2,1-2H3,(H,15,16)(H,20,21). The van der Waals surface area contributed by atoms with E-state index in [1.807, 2.05) is 6.92 Å². The molecule has 1 aromatic heterocycles. The van der Waals surface area contributed by atoms with Gasteiger partial charge in [0.1, 0.15) is 0 Å². The van der Waals surface area contributed by atoms with E-state index in [-0.39, 0.29) is 18.1 Å². The Balaban J connectivity index is 2.38. The summed E-state index contributed by atoms with van der Waals surface area (Å²) in [5, 5.41) is 20.3. The third-order valence-corrected chi connectivity index (χ3v) is 3.19. The second-order valence-corrected chi connectivity index (χ2v) is 4.51. The van der Waals surface area contributed by atoms with Gasteiger partial charge in [-0.25, -0.2) is 4.79 Å². The van der Waals surface area contributed by atoms with Crippen molar-refractivity contribution in [1.82, 2.24) is 15.1 Å². The summed E-state index contributed by atoms with van der Waals surface area (Å²) >= 11 is 0. The number of aromatic carboxylic acids is 1. The molecule has 2 aromatic rings. The molecule has 0 aliphatic heterocycles. The van der Waals surface area contributed by atoms with Gasteiger partial charge in [0.15, 0.2) is 5.69 Å². The maximum Gasteiger partial charge on any atom is 0.358 e. The van der Waals surface area contributed by atoms with Crippen molar-refractivity contribution in [3.63, 3.8) is 0 Å². The Kier molecular flexibility index (Phi) is 4.32. The van der Waals surface area contributed by atoms with Crippen LogP contribution in [0.25, 0.3) is 10.9 Å². The lowest BCUT2D eigenvalue weighted by Gasteiger charge is -2.16. The van der Waals surface area contributed by atoms with E-state index in [1.54, 1.807) is 36.2 Å². The normalized spacial score (nSPS) is 10.4. The predicted octanol–water partition coefficient (Wildman–Crippen LogP) is 1.22. The molecule has 21 heavy (non-hydrogen) atoms. The largest absolute Gasteiger partial charge is 0.476 e. The Morgan fingerprint density at radius 1 is 1.29 bits per heavy atom. The van der Waals surface area contributed by atoms with E-state index in [2.05, 4.69) is 15.5 Å². The average Bonchev–Trinajstić information content (AvgIpc) is 2.50. The molecule has 2 rings (SSSR count). The minimum absolute atomic E-state index is 0.000305. The summed E-state index contributed by atoms with van der Waals surface area (Å²) < 4.78 is 0. The zero-order chi connectivity index (χ0) is 15.4. The van der Waals surface area contributed by atoms with Crippen molar-refractivity contribution in [1.29, 1.82) is 0 Å². The van der Waals surface area contributed by atoms with Gasteiger partial charge in [-0.3, -0.25) is 4.79 Å². The van der Waals surface area contributed by atoms with Crippen molar-refractivity contribution in [3.05, 3.63) is 30.0 Å². The fourth-order valence-electron chi connectivity index (χ4n) is 1.86. The lowest BCUT2D eigenvalue weighted by molar-refractivity contribution is -0.127. The second-order valence-electron chi connectivity index (χ2n) is 4.51. The number of carboxylic acid groups (broad SMARTS) is 1. The highest BCUT2D eigenvalue weighted by atomic mass is 16.4. The molecule has 1 amide bonds. The number of fused-ring (bicyclic) bond motifs is 1. The molecule has 2 N–H and O–H groups in total. The number of carbonyl (C=O) groups excluding carboxylic acids is 1. The minimum Gasteiger partial charge on any atom is -0.476 e. The van der Waals surface area contributed by atoms with Gasteiger partial charge in [0.25, 0.3) is 0 Å². The third-order valence-electron chi connectivity index (χ3n) is 3.19. The highest BCUT2D eigenvalue weighted by molar-refractivity contribution is 6.03. The van der Waals surface area contributed by atoms with E-state index >= 15 is 0 Å². The van der Waals surface area contributed by atoms with Gasteiger partial charge in [-0.2, -0.15) is 0 Å². The van der Waals surface area contributed by atoms with Crippen LogP contribution in [-0.2, 0) is 4.79 Å². The smallest absolute Gasteiger partial charge is 0.358 e. The van der Waals surface area contributed by atoms with Crippen LogP contribution >= 0.6 is 0 Å². The second kappa shape index (κ2) is 6.17. The molecule has 0 radical (unpaired) electrons. The Bertz CT molecular complexity index is 687. The molecule has 0 aliphatic carbocycles. The fourth-order valence-corrected chi connectivity index (χ4v) is 1.86. The van der Waals surface area contributed by atoms with Crippen molar-refractivity contribution in [2.24, 2.45) is 0 Å². The van der Waals surface area contributed by atoms with Crippen LogP contribution in [0.4, 0.5) is 5.69 Å². The first-order valence-corrected chi connectivity index (χ1v) is 6.51. The van der Waals surface area contributed by atoms with Crippen molar-refractivity contribution < 1.29 is 14.7 Å². The minimum atomic E-state index is -1.19. The van der Waals surface area contributed by atoms with E-state index in [0.29, 0.717) is 23.1 Å². The Labute approximate surface area is 121 Å². The quantitative estimate of drug-likeness (QED) is 0.859. The maximum absolute atomic E-state index is 11.8. The van der Waals surface area contributed by atoms with Gasteiger partial charge in [-0.15, -0.1) is 10.2 Å². The zero-order valence-corrected chi connectivity index (χ0v) is 11.8.